The third kappa shape index (κ3) is 4.00. The number of benzene rings is 2. The van der Waals surface area contributed by atoms with Gasteiger partial charge in [0.05, 0.1) is 0 Å². The van der Waals surface area contributed by atoms with E-state index < -0.39 is 0 Å². The predicted molar refractivity (Wildman–Crippen MR) is 84.1 cm³/mol. The second kappa shape index (κ2) is 6.47. The number of hydrogen-bond acceptors (Lipinski definition) is 2. The molecule has 19 heavy (non-hydrogen) atoms. The van der Waals surface area contributed by atoms with E-state index in [2.05, 4.69) is 37.3 Å². The van der Waals surface area contributed by atoms with Crippen molar-refractivity contribution < 1.29 is 0 Å². The second-order valence-corrected chi connectivity index (χ2v) is 6.32. The van der Waals surface area contributed by atoms with E-state index in [9.17, 15) is 0 Å². The average Bonchev–Trinajstić information content (AvgIpc) is 2.34. The first-order valence-corrected chi connectivity index (χ1v) is 7.53. The quantitative estimate of drug-likeness (QED) is 0.884. The molecule has 2 aromatic carbocycles. The Morgan fingerprint density at radius 1 is 1.16 bits per heavy atom. The van der Waals surface area contributed by atoms with Gasteiger partial charge in [-0.3, -0.25) is 0 Å². The van der Waals surface area contributed by atoms with Crippen molar-refractivity contribution in [1.29, 1.82) is 0 Å². The minimum Gasteiger partial charge on any atom is -0.328 e. The Morgan fingerprint density at radius 2 is 1.89 bits per heavy atom. The Bertz CT molecular complexity index is 566. The smallest absolute Gasteiger partial charge is 0.0409 e. The number of rotatable bonds is 4. The number of aryl methyl sites for hydroxylation is 1. The van der Waals surface area contributed by atoms with Gasteiger partial charge in [-0.25, -0.2) is 0 Å². The largest absolute Gasteiger partial charge is 0.328 e. The lowest BCUT2D eigenvalue weighted by molar-refractivity contribution is 0.729. The molecule has 0 saturated carbocycles. The Hall–Kier alpha value is -0.960. The Balaban J connectivity index is 2.32. The van der Waals surface area contributed by atoms with Gasteiger partial charge in [0, 0.05) is 20.9 Å². The van der Waals surface area contributed by atoms with E-state index in [0.717, 1.165) is 11.4 Å². The molecule has 0 saturated heterocycles. The summed E-state index contributed by atoms with van der Waals surface area (Å²) in [6.07, 6.45) is 0.842. The highest BCUT2D eigenvalue weighted by Gasteiger charge is 2.08. The Morgan fingerprint density at radius 3 is 2.58 bits per heavy atom. The Kier molecular flexibility index (Phi) is 4.92. The van der Waals surface area contributed by atoms with E-state index in [-0.39, 0.29) is 6.04 Å². The van der Waals surface area contributed by atoms with Gasteiger partial charge in [0.2, 0.25) is 0 Å². The van der Waals surface area contributed by atoms with Crippen LogP contribution in [0.4, 0.5) is 0 Å². The summed E-state index contributed by atoms with van der Waals surface area (Å²) in [5.41, 5.74) is 8.42. The summed E-state index contributed by atoms with van der Waals surface area (Å²) in [4.78, 5) is 2.51. The summed E-state index contributed by atoms with van der Waals surface area (Å²) in [7, 11) is 0. The van der Waals surface area contributed by atoms with Crippen LogP contribution in [0.2, 0.25) is 5.02 Å². The van der Waals surface area contributed by atoms with Gasteiger partial charge in [0.1, 0.15) is 0 Å². The standard InChI is InChI=1S/C16H18ClNS/c1-11-5-3-4-6-15(11)19-16-8-7-14(17)10-13(16)9-12(2)18/h3-8,10,12H,9,18H2,1-2H3. The van der Waals surface area contributed by atoms with Crippen LogP contribution in [-0.4, -0.2) is 6.04 Å². The van der Waals surface area contributed by atoms with Gasteiger partial charge < -0.3 is 5.73 Å². The zero-order chi connectivity index (χ0) is 13.8. The summed E-state index contributed by atoms with van der Waals surface area (Å²) < 4.78 is 0. The summed E-state index contributed by atoms with van der Waals surface area (Å²) in [6.45, 7) is 4.15. The predicted octanol–water partition coefficient (Wildman–Crippen LogP) is 4.69. The van der Waals surface area contributed by atoms with Crippen molar-refractivity contribution in [3.8, 4) is 0 Å². The van der Waals surface area contributed by atoms with E-state index in [1.54, 1.807) is 11.8 Å². The van der Waals surface area contributed by atoms with Gasteiger partial charge in [-0.15, -0.1) is 0 Å². The fraction of sp³-hybridized carbons (Fsp3) is 0.250. The zero-order valence-corrected chi connectivity index (χ0v) is 12.8. The second-order valence-electron chi connectivity index (χ2n) is 4.80. The van der Waals surface area contributed by atoms with Crippen molar-refractivity contribution in [3.05, 3.63) is 58.6 Å². The van der Waals surface area contributed by atoms with Crippen molar-refractivity contribution in [3.63, 3.8) is 0 Å². The number of nitrogens with two attached hydrogens (primary N) is 1. The fourth-order valence-corrected chi connectivity index (χ4v) is 3.16. The van der Waals surface area contributed by atoms with Crippen molar-refractivity contribution in [2.75, 3.05) is 0 Å². The molecule has 2 N–H and O–H groups in total. The molecule has 1 atom stereocenters. The van der Waals surface area contributed by atoms with Gasteiger partial charge in [-0.2, -0.15) is 0 Å². The summed E-state index contributed by atoms with van der Waals surface area (Å²) in [6, 6.07) is 14.6. The third-order valence-electron chi connectivity index (χ3n) is 2.88. The van der Waals surface area contributed by atoms with E-state index in [1.165, 1.54) is 20.9 Å². The number of halogens is 1. The van der Waals surface area contributed by atoms with Crippen LogP contribution in [0.25, 0.3) is 0 Å². The molecule has 0 aliphatic heterocycles. The highest BCUT2D eigenvalue weighted by Crippen LogP contribution is 2.34. The van der Waals surface area contributed by atoms with Crippen LogP contribution < -0.4 is 5.73 Å². The molecule has 0 aliphatic carbocycles. The van der Waals surface area contributed by atoms with Crippen LogP contribution in [-0.2, 0) is 6.42 Å². The van der Waals surface area contributed by atoms with Crippen molar-refractivity contribution >= 4 is 23.4 Å². The van der Waals surface area contributed by atoms with Crippen LogP contribution in [0.1, 0.15) is 18.1 Å². The van der Waals surface area contributed by atoms with E-state index in [1.807, 2.05) is 19.1 Å². The topological polar surface area (TPSA) is 26.0 Å². The van der Waals surface area contributed by atoms with Crippen molar-refractivity contribution in [2.45, 2.75) is 36.1 Å². The van der Waals surface area contributed by atoms with Gasteiger partial charge in [0.15, 0.2) is 0 Å². The van der Waals surface area contributed by atoms with E-state index in [0.29, 0.717) is 0 Å². The summed E-state index contributed by atoms with van der Waals surface area (Å²) in [5, 5.41) is 0.768. The lowest BCUT2D eigenvalue weighted by atomic mass is 10.1. The molecule has 0 spiro atoms. The maximum absolute atomic E-state index is 6.08. The van der Waals surface area contributed by atoms with Gasteiger partial charge in [-0.05, 0) is 55.7 Å². The van der Waals surface area contributed by atoms with Gasteiger partial charge in [-0.1, -0.05) is 41.6 Å². The Labute approximate surface area is 124 Å². The van der Waals surface area contributed by atoms with Crippen LogP contribution in [0, 0.1) is 6.92 Å². The summed E-state index contributed by atoms with van der Waals surface area (Å²) >= 11 is 7.86. The molecule has 0 fully saturated rings. The SMILES string of the molecule is Cc1ccccc1Sc1ccc(Cl)cc1CC(C)N. The molecular weight excluding hydrogens is 274 g/mol. The van der Waals surface area contributed by atoms with Crippen LogP contribution >= 0.6 is 23.4 Å². The normalized spacial score (nSPS) is 12.4. The average molecular weight is 292 g/mol. The highest BCUT2D eigenvalue weighted by atomic mass is 35.5. The van der Waals surface area contributed by atoms with Crippen LogP contribution in [0.15, 0.2) is 52.3 Å². The minimum atomic E-state index is 0.134. The van der Waals surface area contributed by atoms with Crippen LogP contribution in [0.3, 0.4) is 0 Å². The maximum atomic E-state index is 6.08. The first kappa shape index (κ1) is 14.4. The van der Waals surface area contributed by atoms with E-state index in [4.69, 9.17) is 17.3 Å². The molecule has 3 heteroatoms. The van der Waals surface area contributed by atoms with Crippen molar-refractivity contribution in [1.82, 2.24) is 0 Å². The fourth-order valence-electron chi connectivity index (χ4n) is 1.94. The molecule has 2 aromatic rings. The maximum Gasteiger partial charge on any atom is 0.0409 e. The van der Waals surface area contributed by atoms with Gasteiger partial charge in [0.25, 0.3) is 0 Å². The first-order valence-electron chi connectivity index (χ1n) is 6.34. The minimum absolute atomic E-state index is 0.134. The van der Waals surface area contributed by atoms with E-state index >= 15 is 0 Å². The summed E-state index contributed by atoms with van der Waals surface area (Å²) in [5.74, 6) is 0. The lowest BCUT2D eigenvalue weighted by Crippen LogP contribution is -2.18. The van der Waals surface area contributed by atoms with Gasteiger partial charge >= 0.3 is 0 Å². The number of hydrogen-bond donors (Lipinski definition) is 1. The first-order chi connectivity index (χ1) is 9.06. The molecule has 1 unspecified atom stereocenters. The monoisotopic (exact) mass is 291 g/mol. The molecule has 100 valence electrons. The van der Waals surface area contributed by atoms with Crippen molar-refractivity contribution in [2.24, 2.45) is 5.73 Å². The highest BCUT2D eigenvalue weighted by molar-refractivity contribution is 7.99. The molecular formula is C16H18ClNS. The van der Waals surface area contributed by atoms with Crippen LogP contribution in [0.5, 0.6) is 0 Å². The molecule has 2 rings (SSSR count). The molecule has 0 aromatic heterocycles. The zero-order valence-electron chi connectivity index (χ0n) is 11.2. The molecule has 0 heterocycles. The molecule has 0 amide bonds. The lowest BCUT2D eigenvalue weighted by Gasteiger charge is -2.13. The molecule has 0 bridgehead atoms. The molecule has 0 radical (unpaired) electrons. The third-order valence-corrected chi connectivity index (χ3v) is 4.41. The molecule has 0 aliphatic rings. The molecule has 1 nitrogen and oxygen atoms in total.